The Morgan fingerprint density at radius 2 is 1.60 bits per heavy atom. The van der Waals surface area contributed by atoms with Crippen LogP contribution in [0.15, 0.2) is 83.3 Å². The zero-order valence-electron chi connectivity index (χ0n) is 16.8. The van der Waals surface area contributed by atoms with E-state index in [1.165, 1.54) is 5.56 Å². The molecule has 0 aliphatic heterocycles. The topological polar surface area (TPSA) is 68.0 Å². The fourth-order valence-electron chi connectivity index (χ4n) is 3.24. The molecule has 1 N–H and O–H groups in total. The lowest BCUT2D eigenvalue weighted by Crippen LogP contribution is -2.24. The lowest BCUT2D eigenvalue weighted by atomic mass is 10.1. The molecule has 0 radical (unpaired) electrons. The minimum absolute atomic E-state index is 0.0828. The van der Waals surface area contributed by atoms with Crippen LogP contribution in [0.5, 0.6) is 0 Å². The van der Waals surface area contributed by atoms with Gasteiger partial charge in [-0.25, -0.2) is 0 Å². The van der Waals surface area contributed by atoms with Gasteiger partial charge < -0.3 is 9.73 Å². The number of nitrogens with one attached hydrogen (secondary N) is 1. The molecular formula is C25H23N3O2. The summed E-state index contributed by atoms with van der Waals surface area (Å²) in [6, 6.07) is 25.4. The van der Waals surface area contributed by atoms with Gasteiger partial charge in [0.05, 0.1) is 0 Å². The van der Waals surface area contributed by atoms with Crippen molar-refractivity contribution in [2.24, 2.45) is 0 Å². The zero-order valence-corrected chi connectivity index (χ0v) is 16.8. The van der Waals surface area contributed by atoms with Gasteiger partial charge in [0.15, 0.2) is 0 Å². The van der Waals surface area contributed by atoms with Crippen LogP contribution >= 0.6 is 0 Å². The molecule has 1 heterocycles. The predicted molar refractivity (Wildman–Crippen MR) is 117 cm³/mol. The molecule has 1 aromatic heterocycles. The molecule has 0 atom stereocenters. The Balaban J connectivity index is 1.34. The van der Waals surface area contributed by atoms with E-state index in [9.17, 15) is 4.79 Å². The molecule has 1 amide bonds. The number of hydrogen-bond donors (Lipinski definition) is 1. The molecule has 150 valence electrons. The third-order valence-corrected chi connectivity index (χ3v) is 4.85. The van der Waals surface area contributed by atoms with Gasteiger partial charge in [0, 0.05) is 23.2 Å². The van der Waals surface area contributed by atoms with E-state index in [4.69, 9.17) is 4.42 Å². The van der Waals surface area contributed by atoms with Crippen molar-refractivity contribution in [3.8, 4) is 22.9 Å². The summed E-state index contributed by atoms with van der Waals surface area (Å²) in [5, 5.41) is 11.2. The summed E-state index contributed by atoms with van der Waals surface area (Å²) in [6.45, 7) is 2.66. The van der Waals surface area contributed by atoms with Crippen LogP contribution in [-0.2, 0) is 6.42 Å². The highest BCUT2D eigenvalue weighted by Crippen LogP contribution is 2.24. The Morgan fingerprint density at radius 3 is 2.33 bits per heavy atom. The van der Waals surface area contributed by atoms with Crippen molar-refractivity contribution in [2.75, 3.05) is 6.54 Å². The summed E-state index contributed by atoms with van der Waals surface area (Å²) in [6.07, 6.45) is 1.85. The Bertz CT molecular complexity index is 1120. The number of rotatable bonds is 7. The van der Waals surface area contributed by atoms with Gasteiger partial charge in [-0.05, 0) is 61.7 Å². The molecule has 5 nitrogen and oxygen atoms in total. The smallest absolute Gasteiger partial charge is 0.251 e. The first-order chi connectivity index (χ1) is 14.7. The van der Waals surface area contributed by atoms with Crippen molar-refractivity contribution in [1.29, 1.82) is 0 Å². The molecule has 0 spiro atoms. The van der Waals surface area contributed by atoms with Gasteiger partial charge in [-0.2, -0.15) is 0 Å². The minimum Gasteiger partial charge on any atom is -0.416 e. The lowest BCUT2D eigenvalue weighted by Gasteiger charge is -2.06. The summed E-state index contributed by atoms with van der Waals surface area (Å²) >= 11 is 0. The quantitative estimate of drug-likeness (QED) is 0.442. The SMILES string of the molecule is Cc1cccc(-c2nnc(-c3ccc(C(=O)NCCCc4ccccc4)cc3)o2)c1. The van der Waals surface area contributed by atoms with Gasteiger partial charge in [0.25, 0.3) is 5.91 Å². The van der Waals surface area contributed by atoms with Crippen LogP contribution in [0.1, 0.15) is 27.9 Å². The van der Waals surface area contributed by atoms with Crippen LogP contribution in [0.25, 0.3) is 22.9 Å². The lowest BCUT2D eigenvalue weighted by molar-refractivity contribution is 0.0953. The molecule has 0 fully saturated rings. The van der Waals surface area contributed by atoms with Crippen molar-refractivity contribution < 1.29 is 9.21 Å². The van der Waals surface area contributed by atoms with Crippen LogP contribution in [-0.4, -0.2) is 22.6 Å². The first-order valence-electron chi connectivity index (χ1n) is 10.0. The van der Waals surface area contributed by atoms with Crippen LogP contribution < -0.4 is 5.32 Å². The molecule has 4 aromatic rings. The standard InChI is InChI=1S/C25H23N3O2/c1-18-7-5-11-22(17-18)25-28-27-24(30-25)21-14-12-20(13-15-21)23(29)26-16-6-10-19-8-3-2-4-9-19/h2-5,7-9,11-15,17H,6,10,16H2,1H3,(H,26,29). The number of benzene rings is 3. The van der Waals surface area contributed by atoms with Gasteiger partial charge in [0.2, 0.25) is 11.8 Å². The second-order valence-corrected chi connectivity index (χ2v) is 7.20. The van der Waals surface area contributed by atoms with E-state index < -0.39 is 0 Å². The maximum Gasteiger partial charge on any atom is 0.251 e. The highest BCUT2D eigenvalue weighted by molar-refractivity contribution is 5.94. The van der Waals surface area contributed by atoms with Crippen molar-refractivity contribution in [3.63, 3.8) is 0 Å². The summed E-state index contributed by atoms with van der Waals surface area (Å²) in [5.41, 5.74) is 4.69. The van der Waals surface area contributed by atoms with Crippen molar-refractivity contribution in [3.05, 3.63) is 95.6 Å². The van der Waals surface area contributed by atoms with E-state index in [0.29, 0.717) is 23.9 Å². The van der Waals surface area contributed by atoms with Crippen molar-refractivity contribution in [1.82, 2.24) is 15.5 Å². The third kappa shape index (κ3) is 4.81. The molecule has 0 bridgehead atoms. The van der Waals surface area contributed by atoms with E-state index in [1.54, 1.807) is 12.1 Å². The van der Waals surface area contributed by atoms with E-state index >= 15 is 0 Å². The Labute approximate surface area is 175 Å². The Hall–Kier alpha value is -3.73. The van der Waals surface area contributed by atoms with E-state index in [0.717, 1.165) is 29.5 Å². The van der Waals surface area contributed by atoms with Crippen molar-refractivity contribution >= 4 is 5.91 Å². The van der Waals surface area contributed by atoms with Crippen LogP contribution in [0, 0.1) is 6.92 Å². The first kappa shape index (κ1) is 19.6. The van der Waals surface area contributed by atoms with E-state index in [1.807, 2.05) is 61.5 Å². The number of nitrogens with zero attached hydrogens (tertiary/aromatic N) is 2. The molecule has 0 aliphatic rings. The molecule has 0 saturated heterocycles. The number of aromatic nitrogens is 2. The number of carbonyl (C=O) groups is 1. The van der Waals surface area contributed by atoms with Gasteiger partial charge >= 0.3 is 0 Å². The Kier molecular flexibility index (Phi) is 5.99. The summed E-state index contributed by atoms with van der Waals surface area (Å²) in [5.74, 6) is 0.829. The predicted octanol–water partition coefficient (Wildman–Crippen LogP) is 5.07. The Morgan fingerprint density at radius 1 is 0.867 bits per heavy atom. The molecule has 5 heteroatoms. The van der Waals surface area contributed by atoms with E-state index in [-0.39, 0.29) is 5.91 Å². The number of aryl methyl sites for hydroxylation is 2. The minimum atomic E-state index is -0.0828. The van der Waals surface area contributed by atoms with Gasteiger partial charge in [0.1, 0.15) is 0 Å². The molecule has 4 rings (SSSR count). The summed E-state index contributed by atoms with van der Waals surface area (Å²) in [7, 11) is 0. The van der Waals surface area contributed by atoms with Gasteiger partial charge in [-0.1, -0.05) is 48.0 Å². The highest BCUT2D eigenvalue weighted by atomic mass is 16.4. The molecule has 30 heavy (non-hydrogen) atoms. The third-order valence-electron chi connectivity index (χ3n) is 4.85. The molecule has 0 saturated carbocycles. The van der Waals surface area contributed by atoms with Crippen LogP contribution in [0.4, 0.5) is 0 Å². The normalized spacial score (nSPS) is 10.7. The second kappa shape index (κ2) is 9.18. The largest absolute Gasteiger partial charge is 0.416 e. The zero-order chi connectivity index (χ0) is 20.8. The first-order valence-corrected chi connectivity index (χ1v) is 10.0. The molecule has 0 aliphatic carbocycles. The molecule has 0 unspecified atom stereocenters. The number of carbonyl (C=O) groups excluding carboxylic acids is 1. The summed E-state index contributed by atoms with van der Waals surface area (Å²) in [4.78, 5) is 12.4. The molecular weight excluding hydrogens is 374 g/mol. The second-order valence-electron chi connectivity index (χ2n) is 7.20. The average molecular weight is 397 g/mol. The number of amides is 1. The fourth-order valence-corrected chi connectivity index (χ4v) is 3.24. The van der Waals surface area contributed by atoms with E-state index in [2.05, 4.69) is 27.6 Å². The monoisotopic (exact) mass is 397 g/mol. The van der Waals surface area contributed by atoms with Gasteiger partial charge in [-0.15, -0.1) is 10.2 Å². The van der Waals surface area contributed by atoms with Crippen molar-refractivity contribution in [2.45, 2.75) is 19.8 Å². The maximum atomic E-state index is 12.4. The summed E-state index contributed by atoms with van der Waals surface area (Å²) < 4.78 is 5.81. The van der Waals surface area contributed by atoms with Crippen LogP contribution in [0.2, 0.25) is 0 Å². The average Bonchev–Trinajstić information content (AvgIpc) is 3.28. The van der Waals surface area contributed by atoms with Gasteiger partial charge in [-0.3, -0.25) is 4.79 Å². The maximum absolute atomic E-state index is 12.4. The molecule has 3 aromatic carbocycles. The number of hydrogen-bond acceptors (Lipinski definition) is 4. The van der Waals surface area contributed by atoms with Crippen LogP contribution in [0.3, 0.4) is 0 Å². The fraction of sp³-hybridized carbons (Fsp3) is 0.160. The highest BCUT2D eigenvalue weighted by Gasteiger charge is 2.12.